The van der Waals surface area contributed by atoms with Crippen molar-refractivity contribution in [2.45, 2.75) is 30.6 Å². The first-order chi connectivity index (χ1) is 13.4. The second-order valence-electron chi connectivity index (χ2n) is 6.84. The number of methoxy groups -OCH3 is 1. The lowest BCUT2D eigenvalue weighted by Gasteiger charge is -2.09. The summed E-state index contributed by atoms with van der Waals surface area (Å²) in [7, 11) is -2.13. The van der Waals surface area contributed by atoms with E-state index in [0.717, 1.165) is 12.8 Å². The van der Waals surface area contributed by atoms with Crippen molar-refractivity contribution in [1.29, 1.82) is 0 Å². The number of benzene rings is 2. The summed E-state index contributed by atoms with van der Waals surface area (Å²) in [6.07, 6.45) is 2.69. The molecule has 1 saturated carbocycles. The summed E-state index contributed by atoms with van der Waals surface area (Å²) in [4.78, 5) is 12.3. The predicted octanol–water partition coefficient (Wildman–Crippen LogP) is 3.09. The van der Waals surface area contributed by atoms with Crippen LogP contribution in [0.5, 0.6) is 5.75 Å². The lowest BCUT2D eigenvalue weighted by atomic mass is 10.1. The van der Waals surface area contributed by atoms with E-state index in [-0.39, 0.29) is 23.0 Å². The first kappa shape index (κ1) is 20.3. The number of aryl methyl sites for hydroxylation is 1. The van der Waals surface area contributed by atoms with Gasteiger partial charge in [0.05, 0.1) is 12.0 Å². The Hall–Kier alpha value is -2.45. The maximum Gasteiger partial charge on any atom is 0.240 e. The number of hydrogen-bond donors (Lipinski definition) is 2. The lowest BCUT2D eigenvalue weighted by molar-refractivity contribution is -0.116. The largest absolute Gasteiger partial charge is 0.494 e. The number of amides is 1. The zero-order chi connectivity index (χ0) is 20.1. The first-order valence-electron chi connectivity index (χ1n) is 9.09. The van der Waals surface area contributed by atoms with Gasteiger partial charge < -0.3 is 10.1 Å². The van der Waals surface area contributed by atoms with Crippen molar-refractivity contribution in [1.82, 2.24) is 4.72 Å². The summed E-state index contributed by atoms with van der Waals surface area (Å²) < 4.78 is 45.5. The van der Waals surface area contributed by atoms with Gasteiger partial charge in [-0.1, -0.05) is 6.07 Å². The molecule has 8 heteroatoms. The van der Waals surface area contributed by atoms with Crippen LogP contribution in [0, 0.1) is 11.7 Å². The standard InChI is InChI=1S/C20H23FN2O4S/c1-27-19-10-4-14(12-18(19)21)5-11-20(24)23-16-6-8-17(9-7-16)28(25,26)22-13-15-2-3-15/h4,6-10,12,15,22H,2-3,5,11,13H2,1H3,(H,23,24). The van der Waals surface area contributed by atoms with Gasteiger partial charge in [0.15, 0.2) is 11.6 Å². The SMILES string of the molecule is COc1ccc(CCC(=O)Nc2ccc(S(=O)(=O)NCC3CC3)cc2)cc1F. The molecular formula is C20H23FN2O4S. The summed E-state index contributed by atoms with van der Waals surface area (Å²) in [5.74, 6) is -0.0893. The molecule has 28 heavy (non-hydrogen) atoms. The number of sulfonamides is 1. The van der Waals surface area contributed by atoms with Crippen molar-refractivity contribution in [3.05, 3.63) is 53.8 Å². The maximum atomic E-state index is 13.7. The van der Waals surface area contributed by atoms with Crippen LogP contribution in [0.15, 0.2) is 47.4 Å². The molecule has 1 aliphatic rings. The molecule has 6 nitrogen and oxygen atoms in total. The van der Waals surface area contributed by atoms with E-state index in [4.69, 9.17) is 4.74 Å². The minimum atomic E-state index is -3.53. The van der Waals surface area contributed by atoms with Crippen molar-refractivity contribution in [3.8, 4) is 5.75 Å². The number of nitrogens with one attached hydrogen (secondary N) is 2. The zero-order valence-electron chi connectivity index (χ0n) is 15.6. The molecule has 1 aliphatic carbocycles. The van der Waals surface area contributed by atoms with Gasteiger partial charge in [0.2, 0.25) is 15.9 Å². The predicted molar refractivity (Wildman–Crippen MR) is 104 cm³/mol. The highest BCUT2D eigenvalue weighted by Gasteiger charge is 2.24. The van der Waals surface area contributed by atoms with E-state index in [0.29, 0.717) is 30.1 Å². The van der Waals surface area contributed by atoms with Gasteiger partial charge in [0.25, 0.3) is 0 Å². The van der Waals surface area contributed by atoms with Gasteiger partial charge in [-0.15, -0.1) is 0 Å². The van der Waals surface area contributed by atoms with Gasteiger partial charge in [-0.2, -0.15) is 0 Å². The average Bonchev–Trinajstić information content (AvgIpc) is 3.50. The highest BCUT2D eigenvalue weighted by molar-refractivity contribution is 7.89. The fourth-order valence-corrected chi connectivity index (χ4v) is 3.81. The summed E-state index contributed by atoms with van der Waals surface area (Å²) >= 11 is 0. The van der Waals surface area contributed by atoms with E-state index >= 15 is 0 Å². The van der Waals surface area contributed by atoms with E-state index in [1.807, 2.05) is 0 Å². The van der Waals surface area contributed by atoms with Gasteiger partial charge in [-0.25, -0.2) is 17.5 Å². The Kier molecular flexibility index (Phi) is 6.31. The Bertz CT molecular complexity index is 941. The third-order valence-corrected chi connectivity index (χ3v) is 6.00. The van der Waals surface area contributed by atoms with Gasteiger partial charge >= 0.3 is 0 Å². The number of carbonyl (C=O) groups excluding carboxylic acids is 1. The van der Waals surface area contributed by atoms with Crippen molar-refractivity contribution >= 4 is 21.6 Å². The van der Waals surface area contributed by atoms with Crippen LogP contribution in [0.2, 0.25) is 0 Å². The van der Waals surface area contributed by atoms with Crippen LogP contribution >= 0.6 is 0 Å². The van der Waals surface area contributed by atoms with Crippen molar-refractivity contribution in [2.75, 3.05) is 19.0 Å². The molecule has 0 heterocycles. The van der Waals surface area contributed by atoms with E-state index in [9.17, 15) is 17.6 Å². The summed E-state index contributed by atoms with van der Waals surface area (Å²) in [5, 5.41) is 2.72. The van der Waals surface area contributed by atoms with Crippen LogP contribution in [0.1, 0.15) is 24.8 Å². The monoisotopic (exact) mass is 406 g/mol. The van der Waals surface area contributed by atoms with E-state index < -0.39 is 15.8 Å². The van der Waals surface area contributed by atoms with Crippen molar-refractivity contribution in [3.63, 3.8) is 0 Å². The number of anilines is 1. The summed E-state index contributed by atoms with van der Waals surface area (Å²) in [6.45, 7) is 0.465. The molecule has 1 fully saturated rings. The highest BCUT2D eigenvalue weighted by atomic mass is 32.2. The normalized spacial score (nSPS) is 13.9. The molecule has 1 amide bonds. The fraction of sp³-hybridized carbons (Fsp3) is 0.350. The molecule has 0 bridgehead atoms. The van der Waals surface area contributed by atoms with E-state index in [1.165, 1.54) is 31.4 Å². The molecule has 0 unspecified atom stereocenters. The maximum absolute atomic E-state index is 13.7. The van der Waals surface area contributed by atoms with Gasteiger partial charge in [-0.3, -0.25) is 4.79 Å². The number of rotatable bonds is 9. The van der Waals surface area contributed by atoms with Crippen molar-refractivity contribution < 1.29 is 22.3 Å². The Labute approximate surface area is 164 Å². The summed E-state index contributed by atoms with van der Waals surface area (Å²) in [6, 6.07) is 10.6. The van der Waals surface area contributed by atoms with E-state index in [2.05, 4.69) is 10.0 Å². The van der Waals surface area contributed by atoms with Crippen LogP contribution in [0.25, 0.3) is 0 Å². The van der Waals surface area contributed by atoms with Crippen LogP contribution in [-0.4, -0.2) is 28.0 Å². The minimum absolute atomic E-state index is 0.162. The molecule has 0 spiro atoms. The first-order valence-corrected chi connectivity index (χ1v) is 10.6. The quantitative estimate of drug-likeness (QED) is 0.670. The molecule has 150 valence electrons. The Morgan fingerprint density at radius 3 is 2.50 bits per heavy atom. The number of hydrogen-bond acceptors (Lipinski definition) is 4. The molecule has 0 aliphatic heterocycles. The third-order valence-electron chi connectivity index (χ3n) is 4.56. The molecule has 2 aromatic rings. The molecule has 0 radical (unpaired) electrons. The van der Waals surface area contributed by atoms with Gasteiger partial charge in [0.1, 0.15) is 0 Å². The molecule has 2 N–H and O–H groups in total. The Morgan fingerprint density at radius 2 is 1.89 bits per heavy atom. The van der Waals surface area contributed by atoms with Crippen LogP contribution in [-0.2, 0) is 21.2 Å². The van der Waals surface area contributed by atoms with Crippen molar-refractivity contribution in [2.24, 2.45) is 5.92 Å². The molecule has 0 aromatic heterocycles. The number of ether oxygens (including phenoxy) is 1. The smallest absolute Gasteiger partial charge is 0.240 e. The van der Waals surface area contributed by atoms with Gasteiger partial charge in [-0.05, 0) is 67.1 Å². The Morgan fingerprint density at radius 1 is 1.18 bits per heavy atom. The number of carbonyl (C=O) groups is 1. The molecule has 3 rings (SSSR count). The fourth-order valence-electron chi connectivity index (χ4n) is 2.70. The third kappa shape index (κ3) is 5.53. The topological polar surface area (TPSA) is 84.5 Å². The highest BCUT2D eigenvalue weighted by Crippen LogP contribution is 2.28. The molecule has 0 saturated heterocycles. The van der Waals surface area contributed by atoms with Crippen LogP contribution in [0.4, 0.5) is 10.1 Å². The zero-order valence-corrected chi connectivity index (χ0v) is 16.4. The lowest BCUT2D eigenvalue weighted by Crippen LogP contribution is -2.25. The van der Waals surface area contributed by atoms with Gasteiger partial charge in [0, 0.05) is 18.7 Å². The van der Waals surface area contributed by atoms with Crippen LogP contribution in [0.3, 0.4) is 0 Å². The molecule has 2 aromatic carbocycles. The second-order valence-corrected chi connectivity index (χ2v) is 8.60. The minimum Gasteiger partial charge on any atom is -0.494 e. The molecular weight excluding hydrogens is 383 g/mol. The van der Waals surface area contributed by atoms with E-state index in [1.54, 1.807) is 18.2 Å². The van der Waals surface area contributed by atoms with Crippen LogP contribution < -0.4 is 14.8 Å². The second kappa shape index (κ2) is 8.70. The summed E-state index contributed by atoms with van der Waals surface area (Å²) in [5.41, 5.74) is 1.20. The Balaban J connectivity index is 1.51. The average molecular weight is 406 g/mol. The molecule has 0 atom stereocenters. The number of halogens is 1.